The number of pyridine rings is 1. The molecule has 5 nitrogen and oxygen atoms in total. The van der Waals surface area contributed by atoms with Crippen molar-refractivity contribution in [1.82, 2.24) is 19.3 Å². The highest BCUT2D eigenvalue weighted by Gasteiger charge is 2.18. The third-order valence-corrected chi connectivity index (χ3v) is 4.21. The highest BCUT2D eigenvalue weighted by Crippen LogP contribution is 2.26. The van der Waals surface area contributed by atoms with Crippen LogP contribution in [0.4, 0.5) is 4.39 Å². The van der Waals surface area contributed by atoms with Crippen LogP contribution in [0.15, 0.2) is 47.5 Å². The summed E-state index contributed by atoms with van der Waals surface area (Å²) in [5.41, 5.74) is 0.869. The van der Waals surface area contributed by atoms with Crippen LogP contribution in [0.2, 0.25) is 5.02 Å². The Bertz CT molecular complexity index is 918. The topological polar surface area (TPSA) is 52.7 Å². The highest BCUT2D eigenvalue weighted by atomic mass is 35.5. The Morgan fingerprint density at radius 3 is 2.60 bits per heavy atom. The highest BCUT2D eigenvalue weighted by molar-refractivity contribution is 6.33. The molecule has 130 valence electrons. The summed E-state index contributed by atoms with van der Waals surface area (Å²) in [5, 5.41) is 4.87. The van der Waals surface area contributed by atoms with Gasteiger partial charge in [0.05, 0.1) is 10.7 Å². The van der Waals surface area contributed by atoms with Crippen molar-refractivity contribution >= 4 is 11.6 Å². The molecule has 1 aromatic carbocycles. The summed E-state index contributed by atoms with van der Waals surface area (Å²) in [6, 6.07) is 7.43. The molecule has 0 N–H and O–H groups in total. The minimum atomic E-state index is -0.365. The lowest BCUT2D eigenvalue weighted by atomic mass is 10.2. The lowest BCUT2D eigenvalue weighted by Gasteiger charge is -2.06. The first kappa shape index (κ1) is 17.4. The van der Waals surface area contributed by atoms with Gasteiger partial charge in [-0.15, -0.1) is 5.10 Å². The van der Waals surface area contributed by atoms with E-state index in [2.05, 4.69) is 17.0 Å². The molecule has 0 aliphatic carbocycles. The van der Waals surface area contributed by atoms with Gasteiger partial charge in [-0.05, 0) is 36.8 Å². The second-order valence-electron chi connectivity index (χ2n) is 5.70. The standard InChI is InChI=1S/C18H18ClFN4O/c1-2-3-4-11-23-18(25)24(14-7-5-13(20)6-8-14)17(22-23)15-9-10-21-12-16(15)19/h5-10,12H,2-4,11H2,1H3. The lowest BCUT2D eigenvalue weighted by molar-refractivity contribution is 0.536. The van der Waals surface area contributed by atoms with Gasteiger partial charge in [0.1, 0.15) is 5.82 Å². The summed E-state index contributed by atoms with van der Waals surface area (Å²) in [6.07, 6.45) is 6.03. The van der Waals surface area contributed by atoms with Crippen LogP contribution in [0.5, 0.6) is 0 Å². The molecule has 0 unspecified atom stereocenters. The van der Waals surface area contributed by atoms with Crippen LogP contribution < -0.4 is 5.69 Å². The molecule has 0 radical (unpaired) electrons. The van der Waals surface area contributed by atoms with Crippen LogP contribution in [0.1, 0.15) is 26.2 Å². The van der Waals surface area contributed by atoms with Gasteiger partial charge in [-0.3, -0.25) is 4.98 Å². The number of unbranched alkanes of at least 4 members (excludes halogenated alkanes) is 2. The normalized spacial score (nSPS) is 11.0. The largest absolute Gasteiger partial charge is 0.350 e. The Balaban J connectivity index is 2.15. The van der Waals surface area contributed by atoms with Gasteiger partial charge in [-0.1, -0.05) is 31.4 Å². The van der Waals surface area contributed by atoms with Gasteiger partial charge in [0.2, 0.25) is 0 Å². The van der Waals surface area contributed by atoms with E-state index in [1.54, 1.807) is 24.4 Å². The van der Waals surface area contributed by atoms with E-state index in [0.29, 0.717) is 28.6 Å². The van der Waals surface area contributed by atoms with Gasteiger partial charge < -0.3 is 0 Å². The van der Waals surface area contributed by atoms with Crippen molar-refractivity contribution in [2.24, 2.45) is 0 Å². The number of aryl methyl sites for hydroxylation is 1. The summed E-state index contributed by atoms with van der Waals surface area (Å²) in [6.45, 7) is 2.62. The Kier molecular flexibility index (Phi) is 5.28. The fraction of sp³-hybridized carbons (Fsp3) is 0.278. The molecule has 2 heterocycles. The summed E-state index contributed by atoms with van der Waals surface area (Å²) in [5.74, 6) is 0.0520. The Morgan fingerprint density at radius 2 is 1.92 bits per heavy atom. The molecule has 2 aromatic heterocycles. The molecular weight excluding hydrogens is 343 g/mol. The molecule has 0 atom stereocenters. The van der Waals surface area contributed by atoms with Crippen molar-refractivity contribution in [3.05, 3.63) is 64.0 Å². The third-order valence-electron chi connectivity index (χ3n) is 3.91. The second-order valence-corrected chi connectivity index (χ2v) is 6.11. The number of halogens is 2. The number of nitrogens with zero attached hydrogens (tertiary/aromatic N) is 4. The molecular formula is C18H18ClFN4O. The molecule has 7 heteroatoms. The molecule has 0 aliphatic heterocycles. The molecule has 0 fully saturated rings. The van der Waals surface area contributed by atoms with Crippen molar-refractivity contribution in [1.29, 1.82) is 0 Å². The van der Waals surface area contributed by atoms with Crippen molar-refractivity contribution in [2.75, 3.05) is 0 Å². The van der Waals surface area contributed by atoms with E-state index in [9.17, 15) is 9.18 Å². The maximum atomic E-state index is 13.3. The van der Waals surface area contributed by atoms with Gasteiger partial charge >= 0.3 is 5.69 Å². The molecule has 0 amide bonds. The molecule has 0 saturated heterocycles. The van der Waals surface area contributed by atoms with Crippen LogP contribution >= 0.6 is 11.6 Å². The monoisotopic (exact) mass is 360 g/mol. The van der Waals surface area contributed by atoms with Crippen molar-refractivity contribution < 1.29 is 4.39 Å². The molecule has 3 aromatic rings. The number of aromatic nitrogens is 4. The summed E-state index contributed by atoms with van der Waals surface area (Å²) >= 11 is 6.24. The third kappa shape index (κ3) is 3.64. The zero-order chi connectivity index (χ0) is 17.8. The molecule has 0 aliphatic rings. The fourth-order valence-corrected chi connectivity index (χ4v) is 2.82. The van der Waals surface area contributed by atoms with E-state index in [4.69, 9.17) is 11.6 Å². The number of benzene rings is 1. The minimum absolute atomic E-state index is 0.273. The predicted molar refractivity (Wildman–Crippen MR) is 95.5 cm³/mol. The van der Waals surface area contributed by atoms with Crippen LogP contribution in [0.3, 0.4) is 0 Å². The maximum absolute atomic E-state index is 13.3. The summed E-state index contributed by atoms with van der Waals surface area (Å²) in [4.78, 5) is 16.8. The van der Waals surface area contributed by atoms with Gasteiger partial charge in [0.15, 0.2) is 5.82 Å². The van der Waals surface area contributed by atoms with Crippen LogP contribution in [-0.4, -0.2) is 19.3 Å². The predicted octanol–water partition coefficient (Wildman–Crippen LogP) is 4.08. The molecule has 0 bridgehead atoms. The first-order chi connectivity index (χ1) is 12.1. The Labute approximate surface area is 149 Å². The van der Waals surface area contributed by atoms with Gasteiger partial charge in [0.25, 0.3) is 0 Å². The Morgan fingerprint density at radius 1 is 1.16 bits per heavy atom. The molecule has 3 rings (SSSR count). The van der Waals surface area contributed by atoms with E-state index in [1.165, 1.54) is 27.6 Å². The van der Waals surface area contributed by atoms with Crippen LogP contribution in [0, 0.1) is 5.82 Å². The maximum Gasteiger partial charge on any atom is 0.350 e. The fourth-order valence-electron chi connectivity index (χ4n) is 2.62. The second kappa shape index (κ2) is 7.61. The number of hydrogen-bond donors (Lipinski definition) is 0. The summed E-state index contributed by atoms with van der Waals surface area (Å²) < 4.78 is 16.2. The zero-order valence-corrected chi connectivity index (χ0v) is 14.6. The molecule has 25 heavy (non-hydrogen) atoms. The van der Waals surface area contributed by atoms with Gasteiger partial charge in [-0.25, -0.2) is 18.4 Å². The van der Waals surface area contributed by atoms with Crippen LogP contribution in [-0.2, 0) is 6.54 Å². The van der Waals surface area contributed by atoms with Crippen molar-refractivity contribution in [3.63, 3.8) is 0 Å². The summed E-state index contributed by atoms with van der Waals surface area (Å²) in [7, 11) is 0. The average Bonchev–Trinajstić information content (AvgIpc) is 2.93. The van der Waals surface area contributed by atoms with Gasteiger partial charge in [-0.2, -0.15) is 0 Å². The van der Waals surface area contributed by atoms with Crippen molar-refractivity contribution in [3.8, 4) is 17.1 Å². The van der Waals surface area contributed by atoms with E-state index in [1.807, 2.05) is 0 Å². The minimum Gasteiger partial charge on any atom is -0.263 e. The van der Waals surface area contributed by atoms with E-state index < -0.39 is 0 Å². The SMILES string of the molecule is CCCCCn1nc(-c2ccncc2Cl)n(-c2ccc(F)cc2)c1=O. The van der Waals surface area contributed by atoms with Gasteiger partial charge in [0, 0.05) is 24.5 Å². The molecule has 0 saturated carbocycles. The van der Waals surface area contributed by atoms with Crippen LogP contribution in [0.25, 0.3) is 17.1 Å². The Hall–Kier alpha value is -2.47. The van der Waals surface area contributed by atoms with Crippen molar-refractivity contribution in [2.45, 2.75) is 32.7 Å². The number of rotatable bonds is 6. The zero-order valence-electron chi connectivity index (χ0n) is 13.8. The quantitative estimate of drug-likeness (QED) is 0.622. The van der Waals surface area contributed by atoms with E-state index in [-0.39, 0.29) is 11.5 Å². The van der Waals surface area contributed by atoms with E-state index in [0.717, 1.165) is 19.3 Å². The first-order valence-corrected chi connectivity index (χ1v) is 8.55. The van der Waals surface area contributed by atoms with E-state index >= 15 is 0 Å². The average molecular weight is 361 g/mol. The number of hydrogen-bond acceptors (Lipinski definition) is 3. The first-order valence-electron chi connectivity index (χ1n) is 8.17. The smallest absolute Gasteiger partial charge is 0.263 e. The lowest BCUT2D eigenvalue weighted by Crippen LogP contribution is -2.24. The molecule has 0 spiro atoms.